The molecule has 3 heterocycles. The first kappa shape index (κ1) is 20.3. The van der Waals surface area contributed by atoms with Gasteiger partial charge in [0.15, 0.2) is 11.8 Å². The second-order valence-electron chi connectivity index (χ2n) is 5.75. The van der Waals surface area contributed by atoms with E-state index in [2.05, 4.69) is 30.4 Å². The van der Waals surface area contributed by atoms with Crippen LogP contribution in [0.5, 0.6) is 0 Å². The summed E-state index contributed by atoms with van der Waals surface area (Å²) in [7, 11) is 3.61. The van der Waals surface area contributed by atoms with Crippen LogP contribution in [0.15, 0.2) is 11.1 Å². The minimum absolute atomic E-state index is 0. The van der Waals surface area contributed by atoms with Crippen molar-refractivity contribution in [3.63, 3.8) is 0 Å². The van der Waals surface area contributed by atoms with Gasteiger partial charge in [0.05, 0.1) is 18.1 Å². The number of nitrogens with zero attached hydrogens (tertiary/aromatic N) is 5. The van der Waals surface area contributed by atoms with Crippen molar-refractivity contribution in [3.05, 3.63) is 33.6 Å². The molecule has 0 unspecified atom stereocenters. The van der Waals surface area contributed by atoms with E-state index in [1.165, 1.54) is 12.8 Å². The standard InChI is InChI=1S/C15H21Cl2N7.HI/c1-18-15(19-8-10-7-11(16)14(17)23(10)2)20-9-13-22-21-12-5-3-4-6-24(12)13;/h7H,3-6,8-9H2,1-2H3,(H2,18,19,20);1H. The van der Waals surface area contributed by atoms with Gasteiger partial charge in [0.25, 0.3) is 0 Å². The highest BCUT2D eigenvalue weighted by atomic mass is 127. The third kappa shape index (κ3) is 4.59. The molecule has 0 amide bonds. The molecule has 138 valence electrons. The highest BCUT2D eigenvalue weighted by molar-refractivity contribution is 14.0. The molecule has 3 rings (SSSR count). The average molecular weight is 498 g/mol. The van der Waals surface area contributed by atoms with Gasteiger partial charge in [-0.2, -0.15) is 0 Å². The predicted molar refractivity (Wildman–Crippen MR) is 111 cm³/mol. The lowest BCUT2D eigenvalue weighted by Gasteiger charge is -2.16. The van der Waals surface area contributed by atoms with Crippen molar-refractivity contribution in [3.8, 4) is 0 Å². The number of aromatic nitrogens is 4. The Morgan fingerprint density at radius 1 is 1.24 bits per heavy atom. The first-order chi connectivity index (χ1) is 11.6. The van der Waals surface area contributed by atoms with Gasteiger partial charge in [-0.05, 0) is 18.9 Å². The minimum Gasteiger partial charge on any atom is -0.351 e. The molecule has 0 saturated heterocycles. The van der Waals surface area contributed by atoms with Gasteiger partial charge >= 0.3 is 0 Å². The van der Waals surface area contributed by atoms with Crippen LogP contribution in [0.25, 0.3) is 0 Å². The summed E-state index contributed by atoms with van der Waals surface area (Å²) >= 11 is 12.1. The number of hydrogen-bond donors (Lipinski definition) is 2. The Bertz CT molecular complexity index is 753. The Kier molecular flexibility index (Phi) is 7.38. The van der Waals surface area contributed by atoms with Crippen LogP contribution in [0.2, 0.25) is 10.2 Å². The third-order valence-electron chi connectivity index (χ3n) is 4.23. The molecule has 1 aliphatic rings. The first-order valence-corrected chi connectivity index (χ1v) is 8.70. The monoisotopic (exact) mass is 497 g/mol. The summed E-state index contributed by atoms with van der Waals surface area (Å²) < 4.78 is 4.04. The summed E-state index contributed by atoms with van der Waals surface area (Å²) in [6.45, 7) is 2.15. The van der Waals surface area contributed by atoms with E-state index < -0.39 is 0 Å². The van der Waals surface area contributed by atoms with Crippen LogP contribution in [-0.2, 0) is 33.1 Å². The summed E-state index contributed by atoms with van der Waals surface area (Å²) in [5.74, 6) is 2.71. The fourth-order valence-electron chi connectivity index (χ4n) is 2.82. The van der Waals surface area contributed by atoms with Crippen molar-refractivity contribution in [1.29, 1.82) is 0 Å². The summed E-state index contributed by atoms with van der Waals surface area (Å²) in [4.78, 5) is 4.24. The molecule has 0 aliphatic carbocycles. The zero-order valence-electron chi connectivity index (χ0n) is 14.2. The Hall–Kier alpha value is -1.000. The van der Waals surface area contributed by atoms with Crippen LogP contribution in [0.1, 0.15) is 30.2 Å². The van der Waals surface area contributed by atoms with E-state index in [1.54, 1.807) is 7.05 Å². The molecule has 0 saturated carbocycles. The van der Waals surface area contributed by atoms with Crippen LogP contribution in [0.3, 0.4) is 0 Å². The van der Waals surface area contributed by atoms with E-state index in [-0.39, 0.29) is 24.0 Å². The molecule has 0 radical (unpaired) electrons. The van der Waals surface area contributed by atoms with Gasteiger partial charge in [-0.3, -0.25) is 4.99 Å². The topological polar surface area (TPSA) is 72.1 Å². The SMILES string of the molecule is CN=C(NCc1cc(Cl)c(Cl)n1C)NCc1nnc2n1CCCC2.I. The van der Waals surface area contributed by atoms with Crippen LogP contribution < -0.4 is 10.6 Å². The lowest BCUT2D eigenvalue weighted by Crippen LogP contribution is -2.37. The summed E-state index contributed by atoms with van der Waals surface area (Å²) in [6, 6.07) is 1.85. The van der Waals surface area contributed by atoms with Crippen molar-refractivity contribution in [2.45, 2.75) is 38.9 Å². The number of fused-ring (bicyclic) bond motifs is 1. The van der Waals surface area contributed by atoms with E-state index in [0.29, 0.717) is 29.2 Å². The van der Waals surface area contributed by atoms with Gasteiger partial charge in [0.2, 0.25) is 0 Å². The molecule has 2 aromatic heterocycles. The fourth-order valence-corrected chi connectivity index (χ4v) is 3.23. The third-order valence-corrected chi connectivity index (χ3v) is 5.07. The molecule has 10 heteroatoms. The van der Waals surface area contributed by atoms with Crippen molar-refractivity contribution >= 4 is 53.1 Å². The molecule has 7 nitrogen and oxygen atoms in total. The zero-order valence-corrected chi connectivity index (χ0v) is 18.1. The molecule has 0 fully saturated rings. The van der Waals surface area contributed by atoms with Gasteiger partial charge in [-0.1, -0.05) is 23.2 Å². The Morgan fingerprint density at radius 3 is 2.68 bits per heavy atom. The Labute approximate surface area is 174 Å². The van der Waals surface area contributed by atoms with E-state index in [1.807, 2.05) is 17.7 Å². The van der Waals surface area contributed by atoms with Gasteiger partial charge in [0, 0.05) is 32.8 Å². The number of hydrogen-bond acceptors (Lipinski definition) is 3. The molecule has 25 heavy (non-hydrogen) atoms. The predicted octanol–water partition coefficient (Wildman–Crippen LogP) is 2.74. The maximum absolute atomic E-state index is 6.08. The van der Waals surface area contributed by atoms with Crippen molar-refractivity contribution in [1.82, 2.24) is 30.0 Å². The Morgan fingerprint density at radius 2 is 2.00 bits per heavy atom. The molecule has 0 atom stereocenters. The van der Waals surface area contributed by atoms with Crippen molar-refractivity contribution < 1.29 is 0 Å². The first-order valence-electron chi connectivity index (χ1n) is 7.95. The van der Waals surface area contributed by atoms with Crippen LogP contribution >= 0.6 is 47.2 Å². The maximum atomic E-state index is 6.08. The average Bonchev–Trinajstić information content (AvgIpc) is 3.12. The number of aliphatic imine (C=N–C) groups is 1. The Balaban J connectivity index is 0.00000225. The summed E-state index contributed by atoms with van der Waals surface area (Å²) in [5, 5.41) is 16.1. The van der Waals surface area contributed by atoms with Gasteiger partial charge in [0.1, 0.15) is 11.0 Å². The second-order valence-corrected chi connectivity index (χ2v) is 6.52. The quantitative estimate of drug-likeness (QED) is 0.387. The van der Waals surface area contributed by atoms with E-state index in [4.69, 9.17) is 23.2 Å². The van der Waals surface area contributed by atoms with Crippen LogP contribution in [0, 0.1) is 0 Å². The molecule has 1 aliphatic heterocycles. The van der Waals surface area contributed by atoms with Crippen molar-refractivity contribution in [2.24, 2.45) is 12.0 Å². The number of nitrogens with one attached hydrogen (secondary N) is 2. The van der Waals surface area contributed by atoms with E-state index in [9.17, 15) is 0 Å². The summed E-state index contributed by atoms with van der Waals surface area (Å²) in [5.41, 5.74) is 0.979. The molecule has 0 aromatic carbocycles. The minimum atomic E-state index is 0. The maximum Gasteiger partial charge on any atom is 0.191 e. The normalized spacial score (nSPS) is 14.0. The highest BCUT2D eigenvalue weighted by Gasteiger charge is 2.16. The number of halogens is 3. The van der Waals surface area contributed by atoms with Gasteiger partial charge < -0.3 is 19.8 Å². The molecular weight excluding hydrogens is 476 g/mol. The van der Waals surface area contributed by atoms with Crippen LogP contribution in [0.4, 0.5) is 0 Å². The number of guanidine groups is 1. The molecule has 0 bridgehead atoms. The van der Waals surface area contributed by atoms with E-state index in [0.717, 1.165) is 30.3 Å². The molecule has 2 N–H and O–H groups in total. The van der Waals surface area contributed by atoms with Gasteiger partial charge in [-0.25, -0.2) is 0 Å². The molecule has 0 spiro atoms. The smallest absolute Gasteiger partial charge is 0.191 e. The van der Waals surface area contributed by atoms with Crippen LogP contribution in [-0.4, -0.2) is 32.3 Å². The van der Waals surface area contributed by atoms with Crippen molar-refractivity contribution in [2.75, 3.05) is 7.05 Å². The van der Waals surface area contributed by atoms with Gasteiger partial charge in [-0.15, -0.1) is 34.2 Å². The molecule has 2 aromatic rings. The highest BCUT2D eigenvalue weighted by Crippen LogP contribution is 2.24. The number of rotatable bonds is 4. The summed E-state index contributed by atoms with van der Waals surface area (Å²) in [6.07, 6.45) is 3.38. The lowest BCUT2D eigenvalue weighted by atomic mass is 10.2. The largest absolute Gasteiger partial charge is 0.351 e. The lowest BCUT2D eigenvalue weighted by molar-refractivity contribution is 0.504. The van der Waals surface area contributed by atoms with E-state index >= 15 is 0 Å². The second kappa shape index (κ2) is 9.09. The molecular formula is C15H22Cl2IN7. The zero-order chi connectivity index (χ0) is 17.1. The number of aryl methyl sites for hydroxylation is 1. The fraction of sp³-hybridized carbons (Fsp3) is 0.533.